The van der Waals surface area contributed by atoms with Crippen LogP contribution in [0.4, 0.5) is 0 Å². The van der Waals surface area contributed by atoms with Crippen LogP contribution >= 0.6 is 0 Å². The van der Waals surface area contributed by atoms with Gasteiger partial charge in [0, 0.05) is 19.5 Å². The van der Waals surface area contributed by atoms with Crippen molar-refractivity contribution in [1.29, 1.82) is 0 Å². The molecule has 0 aromatic carbocycles. The third-order valence-electron chi connectivity index (χ3n) is 0. The van der Waals surface area contributed by atoms with Crippen LogP contribution in [0.5, 0.6) is 0 Å². The van der Waals surface area contributed by atoms with Crippen molar-refractivity contribution in [2.24, 2.45) is 0 Å². The molecule has 0 aliphatic rings. The predicted molar refractivity (Wildman–Crippen MR) is 24.7 cm³/mol. The van der Waals surface area contributed by atoms with Gasteiger partial charge in [0.05, 0.1) is 0 Å². The van der Waals surface area contributed by atoms with Crippen molar-refractivity contribution in [1.82, 2.24) is 0 Å². The van der Waals surface area contributed by atoms with Gasteiger partial charge >= 0.3 is 0 Å². The SMILES string of the molecule is O=S(=O)([O-])O.O=S(=O)([O-])O.[Zn]. The predicted octanol–water partition coefficient (Wildman–Crippen LogP) is -1.99. The van der Waals surface area contributed by atoms with Crippen LogP contribution in [-0.2, 0) is 40.3 Å². The van der Waals surface area contributed by atoms with Crippen LogP contribution in [0.2, 0.25) is 0 Å². The van der Waals surface area contributed by atoms with E-state index in [1.165, 1.54) is 0 Å². The quantitative estimate of drug-likeness (QED) is 0.288. The van der Waals surface area contributed by atoms with E-state index in [0.717, 1.165) is 0 Å². The van der Waals surface area contributed by atoms with Gasteiger partial charge in [-0.2, -0.15) is 0 Å². The molecule has 0 heterocycles. The molecule has 0 atom stereocenters. The molecule has 2 N–H and O–H groups in total. The average Bonchev–Trinajstić information content (AvgIpc) is 1.12. The fraction of sp³-hybridized carbons (Fsp3) is 0. The summed E-state index contributed by atoms with van der Waals surface area (Å²) in [6.07, 6.45) is 0. The fourth-order valence-corrected chi connectivity index (χ4v) is 0. The van der Waals surface area contributed by atoms with E-state index in [2.05, 4.69) is 0 Å². The number of hydrogen-bond donors (Lipinski definition) is 2. The Morgan fingerprint density at radius 2 is 0.818 bits per heavy atom. The Bertz CT molecular complexity index is 208. The minimum absolute atomic E-state index is 0. The number of hydrogen-bond acceptors (Lipinski definition) is 6. The van der Waals surface area contributed by atoms with Gasteiger partial charge in [-0.3, -0.25) is 9.11 Å². The van der Waals surface area contributed by atoms with Gasteiger partial charge in [-0.05, 0) is 0 Å². The van der Waals surface area contributed by atoms with Crippen LogP contribution in [0, 0.1) is 0 Å². The summed E-state index contributed by atoms with van der Waals surface area (Å²) in [5.41, 5.74) is 0. The van der Waals surface area contributed by atoms with E-state index in [9.17, 15) is 0 Å². The van der Waals surface area contributed by atoms with Crippen molar-refractivity contribution in [3.05, 3.63) is 0 Å². The first kappa shape index (κ1) is 17.4. The van der Waals surface area contributed by atoms with Gasteiger partial charge in [-0.1, -0.05) is 0 Å². The molecule has 0 aromatic rings. The van der Waals surface area contributed by atoms with Gasteiger partial charge < -0.3 is 9.11 Å². The molecule has 0 amide bonds. The molecule has 0 fully saturated rings. The van der Waals surface area contributed by atoms with Crippen LogP contribution < -0.4 is 0 Å². The summed E-state index contributed by atoms with van der Waals surface area (Å²) in [6.45, 7) is 0. The molecule has 0 aliphatic heterocycles. The minimum Gasteiger partial charge on any atom is -0.726 e. The Morgan fingerprint density at radius 3 is 0.818 bits per heavy atom. The van der Waals surface area contributed by atoms with E-state index in [-0.39, 0.29) is 19.5 Å². The normalized spacial score (nSPS) is 10.5. The second kappa shape index (κ2) is 5.94. The summed E-state index contributed by atoms with van der Waals surface area (Å²) < 4.78 is 65.7. The largest absolute Gasteiger partial charge is 0.726 e. The zero-order chi connectivity index (χ0) is 9.00. The monoisotopic (exact) mass is 258 g/mol. The van der Waals surface area contributed by atoms with Crippen LogP contribution in [-0.4, -0.2) is 35.0 Å². The summed E-state index contributed by atoms with van der Waals surface area (Å²) in [5.74, 6) is 0. The Hall–Kier alpha value is 0.363. The van der Waals surface area contributed by atoms with Crippen molar-refractivity contribution in [2.75, 3.05) is 0 Å². The number of rotatable bonds is 0. The maximum absolute atomic E-state index is 8.63. The molecule has 0 saturated carbocycles. The van der Waals surface area contributed by atoms with E-state index in [1.807, 2.05) is 0 Å². The van der Waals surface area contributed by atoms with Crippen LogP contribution in [0.3, 0.4) is 0 Å². The molecule has 0 radical (unpaired) electrons. The van der Waals surface area contributed by atoms with E-state index in [4.69, 9.17) is 35.0 Å². The van der Waals surface area contributed by atoms with Crippen LogP contribution in [0.15, 0.2) is 0 Å². The molecule has 11 heteroatoms. The molecule has 0 aliphatic carbocycles. The second-order valence-electron chi connectivity index (χ2n) is 0.855. The Kier molecular flexibility index (Phi) is 9.43. The minimum atomic E-state index is -4.92. The van der Waals surface area contributed by atoms with Crippen LogP contribution in [0.25, 0.3) is 0 Å². The molecule has 0 bridgehead atoms. The van der Waals surface area contributed by atoms with E-state index < -0.39 is 20.8 Å². The van der Waals surface area contributed by atoms with Gasteiger partial charge in [0.25, 0.3) is 0 Å². The molecular weight excluding hydrogens is 258 g/mol. The summed E-state index contributed by atoms with van der Waals surface area (Å²) >= 11 is 0. The molecule has 0 unspecified atom stereocenters. The van der Waals surface area contributed by atoms with Crippen molar-refractivity contribution in [3.8, 4) is 0 Å². The summed E-state index contributed by atoms with van der Waals surface area (Å²) in [5, 5.41) is 0. The van der Waals surface area contributed by atoms with E-state index in [1.54, 1.807) is 0 Å². The molecule has 66 valence electrons. The van der Waals surface area contributed by atoms with Gasteiger partial charge in [-0.25, -0.2) is 16.8 Å². The summed E-state index contributed by atoms with van der Waals surface area (Å²) in [4.78, 5) is 0. The third-order valence-corrected chi connectivity index (χ3v) is 0. The second-order valence-corrected chi connectivity index (χ2v) is 2.57. The molecule has 0 rings (SSSR count). The smallest absolute Gasteiger partial charge is 0.215 e. The van der Waals surface area contributed by atoms with Gasteiger partial charge in [0.15, 0.2) is 0 Å². The maximum Gasteiger partial charge on any atom is 0.215 e. The van der Waals surface area contributed by atoms with Crippen molar-refractivity contribution < 1.29 is 54.5 Å². The van der Waals surface area contributed by atoms with E-state index in [0.29, 0.717) is 0 Å². The van der Waals surface area contributed by atoms with Crippen molar-refractivity contribution in [3.63, 3.8) is 0 Å². The molecule has 0 aromatic heterocycles. The van der Waals surface area contributed by atoms with Crippen molar-refractivity contribution in [2.45, 2.75) is 0 Å². The van der Waals surface area contributed by atoms with E-state index >= 15 is 0 Å². The van der Waals surface area contributed by atoms with Crippen LogP contribution in [0.1, 0.15) is 0 Å². The standard InChI is InChI=1S/2H2O4S.Zn/c2*1-5(2,3)4;/h2*(H2,1,2,3,4);/p-2. The molecule has 8 nitrogen and oxygen atoms in total. The molecule has 0 saturated heterocycles. The first-order chi connectivity index (χ1) is 4.00. The van der Waals surface area contributed by atoms with Crippen molar-refractivity contribution >= 4 is 20.8 Å². The molecule has 0 spiro atoms. The third kappa shape index (κ3) is 5490. The Morgan fingerprint density at radius 1 is 0.818 bits per heavy atom. The first-order valence-corrected chi connectivity index (χ1v) is 4.10. The van der Waals surface area contributed by atoms with Gasteiger partial charge in [-0.15, -0.1) is 0 Å². The van der Waals surface area contributed by atoms with Gasteiger partial charge in [0.1, 0.15) is 0 Å². The molecule has 11 heavy (non-hydrogen) atoms. The first-order valence-electron chi connectivity index (χ1n) is 1.37. The zero-order valence-corrected chi connectivity index (χ0v) is 9.47. The topological polar surface area (TPSA) is 155 Å². The van der Waals surface area contributed by atoms with Gasteiger partial charge in [0.2, 0.25) is 20.8 Å². The summed E-state index contributed by atoms with van der Waals surface area (Å²) in [7, 11) is -9.83. The zero-order valence-electron chi connectivity index (χ0n) is 4.87. The Balaban J connectivity index is -0.000000107. The average molecular weight is 260 g/mol. The summed E-state index contributed by atoms with van der Waals surface area (Å²) in [6, 6.07) is 0. The molecular formula is H2O8S2Zn-2. The fourth-order valence-electron chi connectivity index (χ4n) is 0. The Labute approximate surface area is 75.5 Å². The maximum atomic E-state index is 8.63.